The van der Waals surface area contributed by atoms with Crippen molar-refractivity contribution in [2.75, 3.05) is 19.0 Å². The number of halogens is 1. The quantitative estimate of drug-likeness (QED) is 0.732. The fourth-order valence-electron chi connectivity index (χ4n) is 2.29. The number of para-hydroxylation sites is 1. The van der Waals surface area contributed by atoms with Gasteiger partial charge < -0.3 is 14.8 Å². The van der Waals surface area contributed by atoms with Gasteiger partial charge in [-0.1, -0.05) is 30.7 Å². The highest BCUT2D eigenvalue weighted by Gasteiger charge is 2.17. The Balaban J connectivity index is 2.31. The fourth-order valence-corrected chi connectivity index (χ4v) is 2.55. The van der Waals surface area contributed by atoms with Gasteiger partial charge in [0.2, 0.25) is 0 Å². The predicted molar refractivity (Wildman–Crippen MR) is 98.2 cm³/mol. The molecule has 0 spiro atoms. The third-order valence-corrected chi connectivity index (χ3v) is 3.78. The summed E-state index contributed by atoms with van der Waals surface area (Å²) in [4.78, 5) is 24.2. The Morgan fingerprint density at radius 1 is 1.20 bits per heavy atom. The van der Waals surface area contributed by atoms with Crippen LogP contribution in [-0.2, 0) is 0 Å². The Labute approximate surface area is 151 Å². The second kappa shape index (κ2) is 8.53. The van der Waals surface area contributed by atoms with Gasteiger partial charge in [-0.25, -0.2) is 0 Å². The van der Waals surface area contributed by atoms with E-state index in [2.05, 4.69) is 5.32 Å². The number of hydrogen-bond donors (Lipinski definition) is 1. The zero-order chi connectivity index (χ0) is 18.4. The molecule has 2 aromatic rings. The lowest BCUT2D eigenvalue weighted by molar-refractivity contribution is 0.101. The fraction of sp³-hybridized carbons (Fsp3) is 0.263. The molecule has 0 saturated heterocycles. The summed E-state index contributed by atoms with van der Waals surface area (Å²) in [7, 11) is 1.48. The van der Waals surface area contributed by atoms with Crippen LogP contribution in [0, 0.1) is 0 Å². The van der Waals surface area contributed by atoms with E-state index in [9.17, 15) is 9.59 Å². The molecule has 1 N–H and O–H groups in total. The van der Waals surface area contributed by atoms with Gasteiger partial charge >= 0.3 is 0 Å². The van der Waals surface area contributed by atoms with Crippen molar-refractivity contribution < 1.29 is 19.1 Å². The summed E-state index contributed by atoms with van der Waals surface area (Å²) in [6.07, 6.45) is 0.823. The SMILES string of the molecule is CCCOc1c(Cl)cc(C(=O)Nc2ccccc2C(C)=O)cc1OC. The molecule has 5 nitrogen and oxygen atoms in total. The second-order valence-electron chi connectivity index (χ2n) is 5.39. The number of rotatable bonds is 7. The standard InChI is InChI=1S/C19H20ClNO4/c1-4-9-25-18-15(20)10-13(11-17(18)24-3)19(23)21-16-8-6-5-7-14(16)12(2)22/h5-8,10-11H,4,9H2,1-3H3,(H,21,23). The molecular weight excluding hydrogens is 342 g/mol. The molecule has 25 heavy (non-hydrogen) atoms. The van der Waals surface area contributed by atoms with E-state index >= 15 is 0 Å². The molecule has 0 unspecified atom stereocenters. The number of carbonyl (C=O) groups is 2. The molecule has 0 aromatic heterocycles. The van der Waals surface area contributed by atoms with Gasteiger partial charge in [0.25, 0.3) is 5.91 Å². The lowest BCUT2D eigenvalue weighted by Gasteiger charge is -2.14. The molecule has 1 amide bonds. The maximum absolute atomic E-state index is 12.6. The number of anilines is 1. The molecule has 0 fully saturated rings. The molecule has 6 heteroatoms. The molecule has 0 atom stereocenters. The van der Waals surface area contributed by atoms with Crippen LogP contribution in [0.3, 0.4) is 0 Å². The average Bonchev–Trinajstić information content (AvgIpc) is 2.60. The van der Waals surface area contributed by atoms with Crippen LogP contribution in [0.15, 0.2) is 36.4 Å². The first-order chi connectivity index (χ1) is 12.0. The van der Waals surface area contributed by atoms with E-state index < -0.39 is 5.91 Å². The number of nitrogens with one attached hydrogen (secondary N) is 1. The Kier molecular flexibility index (Phi) is 6.42. The zero-order valence-electron chi connectivity index (χ0n) is 14.4. The largest absolute Gasteiger partial charge is 0.493 e. The summed E-state index contributed by atoms with van der Waals surface area (Å²) in [6, 6.07) is 9.90. The highest BCUT2D eigenvalue weighted by molar-refractivity contribution is 6.32. The molecule has 0 aliphatic heterocycles. The van der Waals surface area contributed by atoms with Crippen molar-refractivity contribution in [2.24, 2.45) is 0 Å². The van der Waals surface area contributed by atoms with Gasteiger partial charge in [-0.3, -0.25) is 9.59 Å². The van der Waals surface area contributed by atoms with Crippen LogP contribution in [0.5, 0.6) is 11.5 Å². The molecule has 0 heterocycles. The van der Waals surface area contributed by atoms with Gasteiger partial charge in [-0.05, 0) is 37.6 Å². The van der Waals surface area contributed by atoms with Crippen molar-refractivity contribution >= 4 is 29.0 Å². The van der Waals surface area contributed by atoms with Crippen molar-refractivity contribution in [3.05, 3.63) is 52.5 Å². The van der Waals surface area contributed by atoms with Crippen LogP contribution in [0.4, 0.5) is 5.69 Å². The molecule has 2 rings (SSSR count). The van der Waals surface area contributed by atoms with Crippen molar-refractivity contribution in [2.45, 2.75) is 20.3 Å². The molecular formula is C19H20ClNO4. The van der Waals surface area contributed by atoms with E-state index in [1.54, 1.807) is 30.3 Å². The Hall–Kier alpha value is -2.53. The number of amides is 1. The second-order valence-corrected chi connectivity index (χ2v) is 5.80. The van der Waals surface area contributed by atoms with Crippen LogP contribution in [0.25, 0.3) is 0 Å². The highest BCUT2D eigenvalue weighted by Crippen LogP contribution is 2.36. The van der Waals surface area contributed by atoms with Gasteiger partial charge in [0.1, 0.15) is 0 Å². The molecule has 2 aromatic carbocycles. The summed E-state index contributed by atoms with van der Waals surface area (Å²) in [5, 5.41) is 3.02. The summed E-state index contributed by atoms with van der Waals surface area (Å²) in [6.45, 7) is 3.92. The number of carbonyl (C=O) groups excluding carboxylic acids is 2. The maximum Gasteiger partial charge on any atom is 0.255 e. The van der Waals surface area contributed by atoms with Gasteiger partial charge in [-0.15, -0.1) is 0 Å². The minimum atomic E-state index is -0.393. The molecule has 0 radical (unpaired) electrons. The van der Waals surface area contributed by atoms with Crippen LogP contribution < -0.4 is 14.8 Å². The van der Waals surface area contributed by atoms with E-state index in [1.807, 2.05) is 6.92 Å². The summed E-state index contributed by atoms with van der Waals surface area (Å²) in [5.41, 5.74) is 1.20. The van der Waals surface area contributed by atoms with Gasteiger partial charge in [0.05, 0.1) is 24.4 Å². The van der Waals surface area contributed by atoms with Crippen LogP contribution in [0.1, 0.15) is 41.0 Å². The Morgan fingerprint density at radius 3 is 2.56 bits per heavy atom. The highest BCUT2D eigenvalue weighted by atomic mass is 35.5. The molecule has 132 valence electrons. The van der Waals surface area contributed by atoms with Crippen molar-refractivity contribution in [3.63, 3.8) is 0 Å². The smallest absolute Gasteiger partial charge is 0.255 e. The van der Waals surface area contributed by atoms with E-state index in [0.29, 0.717) is 34.9 Å². The molecule has 0 aliphatic carbocycles. The van der Waals surface area contributed by atoms with Crippen molar-refractivity contribution in [1.82, 2.24) is 0 Å². The summed E-state index contributed by atoms with van der Waals surface area (Å²) >= 11 is 6.24. The predicted octanol–water partition coefficient (Wildman–Crippen LogP) is 4.59. The molecule has 0 bridgehead atoms. The van der Waals surface area contributed by atoms with E-state index in [0.717, 1.165) is 6.42 Å². The monoisotopic (exact) mass is 361 g/mol. The van der Waals surface area contributed by atoms with Crippen LogP contribution in [-0.4, -0.2) is 25.4 Å². The number of hydrogen-bond acceptors (Lipinski definition) is 4. The topological polar surface area (TPSA) is 64.6 Å². The Bertz CT molecular complexity index is 789. The first-order valence-electron chi connectivity index (χ1n) is 7.89. The number of methoxy groups -OCH3 is 1. The van der Waals surface area contributed by atoms with Crippen LogP contribution in [0.2, 0.25) is 5.02 Å². The van der Waals surface area contributed by atoms with Gasteiger partial charge in [0.15, 0.2) is 17.3 Å². The van der Waals surface area contributed by atoms with E-state index in [4.69, 9.17) is 21.1 Å². The maximum atomic E-state index is 12.6. The molecule has 0 saturated carbocycles. The Morgan fingerprint density at radius 2 is 1.92 bits per heavy atom. The van der Waals surface area contributed by atoms with Crippen molar-refractivity contribution in [1.29, 1.82) is 0 Å². The van der Waals surface area contributed by atoms with Gasteiger partial charge in [0, 0.05) is 11.1 Å². The third-order valence-electron chi connectivity index (χ3n) is 3.50. The summed E-state index contributed by atoms with van der Waals surface area (Å²) < 4.78 is 10.9. The summed E-state index contributed by atoms with van der Waals surface area (Å²) in [5.74, 6) is 0.267. The van der Waals surface area contributed by atoms with Crippen LogP contribution >= 0.6 is 11.6 Å². The molecule has 0 aliphatic rings. The normalized spacial score (nSPS) is 10.2. The number of benzene rings is 2. The number of ether oxygens (including phenoxy) is 2. The minimum Gasteiger partial charge on any atom is -0.493 e. The van der Waals surface area contributed by atoms with Gasteiger partial charge in [-0.2, -0.15) is 0 Å². The lowest BCUT2D eigenvalue weighted by Crippen LogP contribution is -2.14. The first kappa shape index (κ1) is 18.8. The first-order valence-corrected chi connectivity index (χ1v) is 8.27. The third kappa shape index (κ3) is 4.51. The lowest BCUT2D eigenvalue weighted by atomic mass is 10.1. The van der Waals surface area contributed by atoms with Crippen molar-refractivity contribution in [3.8, 4) is 11.5 Å². The van der Waals surface area contributed by atoms with E-state index in [1.165, 1.54) is 20.1 Å². The number of ketones is 1. The minimum absolute atomic E-state index is 0.130. The van der Waals surface area contributed by atoms with E-state index in [-0.39, 0.29) is 10.8 Å². The number of Topliss-reactive ketones (excluding diaryl/α,β-unsaturated/α-hetero) is 1. The zero-order valence-corrected chi connectivity index (χ0v) is 15.1. The average molecular weight is 362 g/mol.